The normalized spacial score (nSPS) is 11.8. The van der Waals surface area contributed by atoms with E-state index < -0.39 is 0 Å². The Morgan fingerprint density at radius 1 is 0.250 bits per heavy atom. The van der Waals surface area contributed by atoms with E-state index in [1.807, 2.05) is 0 Å². The molecule has 2 nitrogen and oxygen atoms in total. The molecule has 2 heterocycles. The molecule has 2 heteroatoms. The number of para-hydroxylation sites is 3. The highest BCUT2D eigenvalue weighted by molar-refractivity contribution is 6.18. The summed E-state index contributed by atoms with van der Waals surface area (Å²) < 4.78 is 4.86. The highest BCUT2D eigenvalue weighted by atomic mass is 15.0. The van der Waals surface area contributed by atoms with Crippen molar-refractivity contribution in [2.75, 3.05) is 0 Å². The molecule has 0 saturated heterocycles. The number of fused-ring (bicyclic) bond motifs is 7. The van der Waals surface area contributed by atoms with Gasteiger partial charge in [-0.05, 0) is 99.8 Å². The molecular weight excluding hydrogens is 581 g/mol. The molecule has 10 aromatic rings. The van der Waals surface area contributed by atoms with Gasteiger partial charge >= 0.3 is 0 Å². The van der Waals surface area contributed by atoms with Gasteiger partial charge < -0.3 is 9.13 Å². The van der Waals surface area contributed by atoms with Gasteiger partial charge in [-0.15, -0.1) is 0 Å². The Balaban J connectivity index is 1.29. The first kappa shape index (κ1) is 26.8. The van der Waals surface area contributed by atoms with Crippen molar-refractivity contribution < 1.29 is 0 Å². The number of benzene rings is 8. The van der Waals surface area contributed by atoms with Gasteiger partial charge in [0.25, 0.3) is 0 Å². The third-order valence-corrected chi connectivity index (χ3v) is 9.83. The first-order valence-electron chi connectivity index (χ1n) is 16.5. The Morgan fingerprint density at radius 2 is 0.667 bits per heavy atom. The molecule has 0 spiro atoms. The monoisotopic (exact) mass is 610 g/mol. The van der Waals surface area contributed by atoms with Gasteiger partial charge in [-0.1, -0.05) is 115 Å². The van der Waals surface area contributed by atoms with Gasteiger partial charge in [-0.2, -0.15) is 0 Å². The molecule has 0 N–H and O–H groups in total. The van der Waals surface area contributed by atoms with Crippen LogP contribution >= 0.6 is 0 Å². The molecular formula is C46H30N2. The second-order valence-corrected chi connectivity index (χ2v) is 12.6. The van der Waals surface area contributed by atoms with E-state index in [2.05, 4.69) is 191 Å². The van der Waals surface area contributed by atoms with Crippen molar-refractivity contribution >= 4 is 54.4 Å². The zero-order valence-electron chi connectivity index (χ0n) is 26.2. The smallest absolute Gasteiger partial charge is 0.0547 e. The molecule has 8 aromatic carbocycles. The van der Waals surface area contributed by atoms with Crippen LogP contribution in [0.5, 0.6) is 0 Å². The number of hydrogen-bond acceptors (Lipinski definition) is 0. The minimum absolute atomic E-state index is 1.16. The zero-order chi connectivity index (χ0) is 31.6. The van der Waals surface area contributed by atoms with Crippen molar-refractivity contribution in [3.05, 3.63) is 182 Å². The SMILES string of the molecule is c1ccc(-c2cc(-c3ccccc3)cc(-n3c4ccccc4c4cc5cc6c(cc5cc43)c3ccccc3n6-c3ccccc3)c2)cc1. The topological polar surface area (TPSA) is 9.86 Å². The van der Waals surface area contributed by atoms with E-state index in [1.54, 1.807) is 0 Å². The minimum Gasteiger partial charge on any atom is -0.309 e. The Kier molecular flexibility index (Phi) is 5.91. The summed E-state index contributed by atoms with van der Waals surface area (Å²) in [5.74, 6) is 0. The van der Waals surface area contributed by atoms with Gasteiger partial charge in [0.1, 0.15) is 0 Å². The number of nitrogens with zero attached hydrogens (tertiary/aromatic N) is 2. The first-order valence-corrected chi connectivity index (χ1v) is 16.5. The van der Waals surface area contributed by atoms with Gasteiger partial charge in [0, 0.05) is 32.9 Å². The fourth-order valence-corrected chi connectivity index (χ4v) is 7.65. The van der Waals surface area contributed by atoms with Gasteiger partial charge in [0.05, 0.1) is 22.1 Å². The van der Waals surface area contributed by atoms with Gasteiger partial charge in [0.15, 0.2) is 0 Å². The van der Waals surface area contributed by atoms with Gasteiger partial charge in [-0.3, -0.25) is 0 Å². The van der Waals surface area contributed by atoms with Crippen molar-refractivity contribution in [3.63, 3.8) is 0 Å². The maximum atomic E-state index is 2.46. The molecule has 0 amide bonds. The molecule has 10 rings (SSSR count). The second-order valence-electron chi connectivity index (χ2n) is 12.6. The summed E-state index contributed by atoms with van der Waals surface area (Å²) >= 11 is 0. The van der Waals surface area contributed by atoms with Crippen LogP contribution in [0.3, 0.4) is 0 Å². The summed E-state index contributed by atoms with van der Waals surface area (Å²) in [4.78, 5) is 0. The van der Waals surface area contributed by atoms with Crippen molar-refractivity contribution in [1.29, 1.82) is 0 Å². The third kappa shape index (κ3) is 4.13. The predicted molar refractivity (Wildman–Crippen MR) is 203 cm³/mol. The van der Waals surface area contributed by atoms with E-state index in [0.29, 0.717) is 0 Å². The highest BCUT2D eigenvalue weighted by Gasteiger charge is 2.18. The fraction of sp³-hybridized carbons (Fsp3) is 0. The summed E-state index contributed by atoms with van der Waals surface area (Å²) in [6.07, 6.45) is 0. The Labute approximate surface area is 278 Å². The van der Waals surface area contributed by atoms with Crippen LogP contribution in [0.25, 0.3) is 88.0 Å². The molecule has 0 atom stereocenters. The molecule has 224 valence electrons. The fourth-order valence-electron chi connectivity index (χ4n) is 7.65. The maximum absolute atomic E-state index is 2.46. The Morgan fingerprint density at radius 3 is 1.17 bits per heavy atom. The number of aromatic nitrogens is 2. The molecule has 0 saturated carbocycles. The molecule has 48 heavy (non-hydrogen) atoms. The lowest BCUT2D eigenvalue weighted by atomic mass is 9.98. The Bertz CT molecular complexity index is 2750. The molecule has 0 aliphatic rings. The first-order chi connectivity index (χ1) is 23.8. The summed E-state index contributed by atoms with van der Waals surface area (Å²) in [5, 5.41) is 7.51. The highest BCUT2D eigenvalue weighted by Crippen LogP contribution is 2.40. The van der Waals surface area contributed by atoms with Crippen LogP contribution in [0.1, 0.15) is 0 Å². The molecule has 2 aromatic heterocycles. The van der Waals surface area contributed by atoms with Gasteiger partial charge in [0.2, 0.25) is 0 Å². The largest absolute Gasteiger partial charge is 0.309 e. The van der Waals surface area contributed by atoms with Crippen molar-refractivity contribution in [1.82, 2.24) is 9.13 Å². The third-order valence-electron chi connectivity index (χ3n) is 9.83. The summed E-state index contributed by atoms with van der Waals surface area (Å²) in [5.41, 5.74) is 12.0. The van der Waals surface area contributed by atoms with E-state index >= 15 is 0 Å². The summed E-state index contributed by atoms with van der Waals surface area (Å²) in [6.45, 7) is 0. The van der Waals surface area contributed by atoms with Crippen LogP contribution in [0.15, 0.2) is 182 Å². The number of rotatable bonds is 4. The van der Waals surface area contributed by atoms with E-state index in [1.165, 1.54) is 82.3 Å². The van der Waals surface area contributed by atoms with Crippen molar-refractivity contribution in [2.45, 2.75) is 0 Å². The molecule has 0 aliphatic carbocycles. The lowest BCUT2D eigenvalue weighted by Crippen LogP contribution is -1.96. The molecule has 0 radical (unpaired) electrons. The lowest BCUT2D eigenvalue weighted by molar-refractivity contribution is 1.18. The molecule has 0 fully saturated rings. The lowest BCUT2D eigenvalue weighted by Gasteiger charge is -2.14. The van der Waals surface area contributed by atoms with E-state index in [-0.39, 0.29) is 0 Å². The predicted octanol–water partition coefficient (Wildman–Crippen LogP) is 12.4. The standard InChI is InChI=1S/C46H30N2/c1-4-14-31(15-5-1)33-24-34(32-16-6-2-7-17-32)26-38(25-33)48-44-23-13-11-21-40(44)42-28-35-29-45-41(27-36(35)30-46(42)48)39-20-10-12-22-43(39)47(45)37-18-8-3-9-19-37/h1-30H. The van der Waals surface area contributed by atoms with Crippen molar-refractivity contribution in [2.24, 2.45) is 0 Å². The summed E-state index contributed by atoms with van der Waals surface area (Å²) in [7, 11) is 0. The number of hydrogen-bond donors (Lipinski definition) is 0. The van der Waals surface area contributed by atoms with Crippen molar-refractivity contribution in [3.8, 4) is 33.6 Å². The Hall–Kier alpha value is -6.38. The second kappa shape index (κ2) is 10.6. The quantitative estimate of drug-likeness (QED) is 0.188. The van der Waals surface area contributed by atoms with E-state index in [4.69, 9.17) is 0 Å². The van der Waals surface area contributed by atoms with Crippen LogP contribution in [0, 0.1) is 0 Å². The van der Waals surface area contributed by atoms with Crippen LogP contribution in [0.2, 0.25) is 0 Å². The molecule has 0 bridgehead atoms. The average Bonchev–Trinajstić information content (AvgIpc) is 3.65. The van der Waals surface area contributed by atoms with E-state index in [0.717, 1.165) is 5.69 Å². The molecule has 0 aliphatic heterocycles. The van der Waals surface area contributed by atoms with Gasteiger partial charge in [-0.25, -0.2) is 0 Å². The van der Waals surface area contributed by atoms with Crippen LogP contribution in [0.4, 0.5) is 0 Å². The maximum Gasteiger partial charge on any atom is 0.0547 e. The van der Waals surface area contributed by atoms with Crippen LogP contribution < -0.4 is 0 Å². The summed E-state index contributed by atoms with van der Waals surface area (Å²) in [6, 6.07) is 66.3. The van der Waals surface area contributed by atoms with Crippen LogP contribution in [-0.4, -0.2) is 9.13 Å². The van der Waals surface area contributed by atoms with Crippen LogP contribution in [-0.2, 0) is 0 Å². The molecule has 0 unspecified atom stereocenters. The van der Waals surface area contributed by atoms with E-state index in [9.17, 15) is 0 Å². The zero-order valence-corrected chi connectivity index (χ0v) is 26.2. The average molecular weight is 611 g/mol. The minimum atomic E-state index is 1.16.